The third-order valence-electron chi connectivity index (χ3n) is 18.4. The number of ether oxygens (including phenoxy) is 2. The minimum absolute atomic E-state index is 0.0616. The molecule has 0 fully saturated rings. The molecule has 0 aromatic rings. The highest BCUT2D eigenvalue weighted by atomic mass is 16.6. The van der Waals surface area contributed by atoms with Crippen LogP contribution in [0.2, 0.25) is 0 Å². The number of hydrogen-bond donors (Lipinski definition) is 1. The SMILES string of the molecule is CC/C=C\C/C=C\C/C=C\C/C=C\C/C=C\CCCCCCCCCCCCCCCCCCCCCCCCCCCC(=O)OC(CO)COC(=O)CCCCCCCCCCCCCCCCCCCCCCCC/C=C\C/C=C\C/C=C\CCCCCCC. The van der Waals surface area contributed by atoms with E-state index >= 15 is 0 Å². The summed E-state index contributed by atoms with van der Waals surface area (Å²) in [7, 11) is 0. The number of hydrogen-bond acceptors (Lipinski definition) is 5. The summed E-state index contributed by atoms with van der Waals surface area (Å²) < 4.78 is 10.8. The van der Waals surface area contributed by atoms with Crippen LogP contribution in [-0.4, -0.2) is 36.4 Å². The maximum atomic E-state index is 12.4. The van der Waals surface area contributed by atoms with Crippen LogP contribution < -0.4 is 0 Å². The van der Waals surface area contributed by atoms with Crippen molar-refractivity contribution in [3.8, 4) is 0 Å². The summed E-state index contributed by atoms with van der Waals surface area (Å²) in [4.78, 5) is 24.7. The molecule has 0 radical (unpaired) electrons. The Kier molecular flexibility index (Phi) is 79.2. The van der Waals surface area contributed by atoms with Crippen LogP contribution in [0.1, 0.15) is 425 Å². The highest BCUT2D eigenvalue weighted by molar-refractivity contribution is 5.70. The molecular weight excluding hydrogens is 1120 g/mol. The molecule has 1 unspecified atom stereocenters. The number of allylic oxidation sites excluding steroid dienone is 16. The highest BCUT2D eigenvalue weighted by Crippen LogP contribution is 2.20. The van der Waals surface area contributed by atoms with Gasteiger partial charge in [-0.05, 0) is 96.3 Å². The summed E-state index contributed by atoms with van der Waals surface area (Å²) in [6.07, 6.45) is 118. The molecule has 92 heavy (non-hydrogen) atoms. The lowest BCUT2D eigenvalue weighted by Gasteiger charge is -2.15. The van der Waals surface area contributed by atoms with E-state index in [9.17, 15) is 14.7 Å². The normalized spacial score (nSPS) is 12.7. The summed E-state index contributed by atoms with van der Waals surface area (Å²) in [5.41, 5.74) is 0. The van der Waals surface area contributed by atoms with Gasteiger partial charge >= 0.3 is 11.9 Å². The van der Waals surface area contributed by atoms with E-state index in [-0.39, 0.29) is 25.2 Å². The average Bonchev–Trinajstić information content (AvgIpc) is 3.64. The molecule has 5 heteroatoms. The van der Waals surface area contributed by atoms with Crippen LogP contribution in [0.25, 0.3) is 0 Å². The van der Waals surface area contributed by atoms with E-state index < -0.39 is 6.10 Å². The second-order valence-corrected chi connectivity index (χ2v) is 27.5. The number of aliphatic hydroxyl groups excluding tert-OH is 1. The molecule has 0 aromatic heterocycles. The van der Waals surface area contributed by atoms with Crippen molar-refractivity contribution in [3.05, 3.63) is 97.2 Å². The van der Waals surface area contributed by atoms with Gasteiger partial charge in [-0.15, -0.1) is 0 Å². The van der Waals surface area contributed by atoms with Gasteiger partial charge in [-0.3, -0.25) is 9.59 Å². The van der Waals surface area contributed by atoms with E-state index in [2.05, 4.69) is 111 Å². The minimum atomic E-state index is -0.774. The second-order valence-electron chi connectivity index (χ2n) is 27.5. The summed E-state index contributed by atoms with van der Waals surface area (Å²) in [5.74, 6) is -0.567. The molecule has 0 saturated heterocycles. The summed E-state index contributed by atoms with van der Waals surface area (Å²) in [6, 6.07) is 0. The Labute approximate surface area is 574 Å². The van der Waals surface area contributed by atoms with Gasteiger partial charge in [0.25, 0.3) is 0 Å². The Hall–Kier alpha value is -3.18. The number of rotatable bonds is 76. The third kappa shape index (κ3) is 79.3. The lowest BCUT2D eigenvalue weighted by atomic mass is 10.0. The average molecular weight is 1280 g/mol. The van der Waals surface area contributed by atoms with Crippen LogP contribution in [0, 0.1) is 0 Å². The van der Waals surface area contributed by atoms with Crippen LogP contribution in [0.4, 0.5) is 0 Å². The molecule has 534 valence electrons. The van der Waals surface area contributed by atoms with Gasteiger partial charge in [0.1, 0.15) is 6.61 Å². The van der Waals surface area contributed by atoms with Crippen molar-refractivity contribution < 1.29 is 24.2 Å². The maximum Gasteiger partial charge on any atom is 0.306 e. The summed E-state index contributed by atoms with van der Waals surface area (Å²) in [6.45, 7) is 4.07. The lowest BCUT2D eigenvalue weighted by molar-refractivity contribution is -0.161. The van der Waals surface area contributed by atoms with E-state index in [1.807, 2.05) is 0 Å². The van der Waals surface area contributed by atoms with Crippen LogP contribution in [0.15, 0.2) is 97.2 Å². The van der Waals surface area contributed by atoms with Crippen LogP contribution in [-0.2, 0) is 19.1 Å². The number of esters is 2. The first kappa shape index (κ1) is 88.8. The second kappa shape index (κ2) is 82.1. The molecule has 0 aliphatic rings. The molecule has 0 heterocycles. The molecule has 1 N–H and O–H groups in total. The molecule has 0 rings (SSSR count). The number of unbranched alkanes of at least 4 members (excludes halogenated alkanes) is 52. The zero-order chi connectivity index (χ0) is 66.1. The molecule has 0 aliphatic carbocycles. The fraction of sp³-hybridized carbons (Fsp3) is 0.793. The van der Waals surface area contributed by atoms with Crippen molar-refractivity contribution >= 4 is 11.9 Å². The van der Waals surface area contributed by atoms with Crippen LogP contribution in [0.3, 0.4) is 0 Å². The van der Waals surface area contributed by atoms with Gasteiger partial charge in [-0.1, -0.05) is 413 Å². The number of carbonyl (C=O) groups excluding carboxylic acids is 2. The minimum Gasteiger partial charge on any atom is -0.462 e. The lowest BCUT2D eigenvalue weighted by Crippen LogP contribution is -2.28. The maximum absolute atomic E-state index is 12.4. The first-order valence-corrected chi connectivity index (χ1v) is 40.8. The molecule has 0 spiro atoms. The summed E-state index contributed by atoms with van der Waals surface area (Å²) in [5, 5.41) is 9.74. The van der Waals surface area contributed by atoms with Gasteiger partial charge in [0.15, 0.2) is 6.10 Å². The van der Waals surface area contributed by atoms with Crippen molar-refractivity contribution in [2.75, 3.05) is 13.2 Å². The highest BCUT2D eigenvalue weighted by Gasteiger charge is 2.16. The fourth-order valence-electron chi connectivity index (χ4n) is 12.3. The van der Waals surface area contributed by atoms with Gasteiger partial charge in [0.2, 0.25) is 0 Å². The monoisotopic (exact) mass is 1280 g/mol. The van der Waals surface area contributed by atoms with E-state index in [0.717, 1.165) is 83.5 Å². The molecule has 0 saturated carbocycles. The van der Waals surface area contributed by atoms with E-state index in [0.29, 0.717) is 12.8 Å². The third-order valence-corrected chi connectivity index (χ3v) is 18.4. The Morgan fingerprint density at radius 1 is 0.261 bits per heavy atom. The zero-order valence-corrected chi connectivity index (χ0v) is 61.6. The largest absolute Gasteiger partial charge is 0.462 e. The first-order valence-electron chi connectivity index (χ1n) is 40.8. The molecule has 0 aromatic carbocycles. The fourth-order valence-corrected chi connectivity index (χ4v) is 12.3. The molecular formula is C87H156O5. The topological polar surface area (TPSA) is 72.8 Å². The Morgan fingerprint density at radius 2 is 0.467 bits per heavy atom. The van der Waals surface area contributed by atoms with Gasteiger partial charge < -0.3 is 14.6 Å². The van der Waals surface area contributed by atoms with Gasteiger partial charge in [0, 0.05) is 12.8 Å². The molecule has 5 nitrogen and oxygen atoms in total. The number of aliphatic hydroxyl groups is 1. The predicted octanol–water partition coefficient (Wildman–Crippen LogP) is 28.9. The Bertz CT molecular complexity index is 1700. The molecule has 1 atom stereocenters. The smallest absolute Gasteiger partial charge is 0.306 e. The van der Waals surface area contributed by atoms with Crippen molar-refractivity contribution in [1.82, 2.24) is 0 Å². The van der Waals surface area contributed by atoms with Gasteiger partial charge in [-0.2, -0.15) is 0 Å². The van der Waals surface area contributed by atoms with E-state index in [4.69, 9.17) is 9.47 Å². The predicted molar refractivity (Wildman–Crippen MR) is 408 cm³/mol. The van der Waals surface area contributed by atoms with Crippen LogP contribution in [0.5, 0.6) is 0 Å². The van der Waals surface area contributed by atoms with Gasteiger partial charge in [-0.25, -0.2) is 0 Å². The molecule has 0 amide bonds. The Balaban J connectivity index is 3.39. The molecule has 0 aliphatic heterocycles. The van der Waals surface area contributed by atoms with Crippen molar-refractivity contribution in [3.63, 3.8) is 0 Å². The Morgan fingerprint density at radius 3 is 0.707 bits per heavy atom. The standard InChI is InChI=1S/C87H156O5/c1-3-5-7-9-11-13-15-17-19-21-23-25-27-29-31-33-35-37-39-41-42-43-44-46-48-50-52-54-56-58-60-62-64-66-68-70-72-74-76-78-80-82-87(90)92-85(83-88)84-91-86(89)81-79-77-75-73-71-69-67-65-63-61-59-57-55-53-51-49-47-45-40-38-36-34-32-30-28-26-24-22-20-18-16-14-12-10-8-6-4-2/h5,7,11,13,16-19,22-25,28-31,85,88H,3-4,6,8-10,12,14-15,20-21,26-27,32-84H2,1-2H3/b7-5-,13-11-,18-16-,19-17-,24-22-,25-23-,30-28-,31-29-. The number of carbonyl (C=O) groups is 2. The van der Waals surface area contributed by atoms with Gasteiger partial charge in [0.05, 0.1) is 6.61 Å². The van der Waals surface area contributed by atoms with Crippen molar-refractivity contribution in [2.45, 2.75) is 431 Å². The van der Waals surface area contributed by atoms with Crippen molar-refractivity contribution in [1.29, 1.82) is 0 Å². The van der Waals surface area contributed by atoms with E-state index in [1.54, 1.807) is 0 Å². The van der Waals surface area contributed by atoms with E-state index in [1.165, 1.54) is 315 Å². The van der Waals surface area contributed by atoms with Crippen molar-refractivity contribution in [2.24, 2.45) is 0 Å². The zero-order valence-electron chi connectivity index (χ0n) is 61.6. The summed E-state index contributed by atoms with van der Waals surface area (Å²) >= 11 is 0. The first-order chi connectivity index (χ1) is 45.6. The van der Waals surface area contributed by atoms with Crippen LogP contribution >= 0.6 is 0 Å². The molecule has 0 bridgehead atoms. The quantitative estimate of drug-likeness (QED) is 0.0373.